The number of dihydropyridines is 1. The van der Waals surface area contributed by atoms with E-state index < -0.39 is 0 Å². The highest BCUT2D eigenvalue weighted by molar-refractivity contribution is 5.73. The highest BCUT2D eigenvalue weighted by Gasteiger charge is 2.03. The van der Waals surface area contributed by atoms with Gasteiger partial charge in [-0.15, -0.1) is 0 Å². The molecule has 0 fully saturated rings. The van der Waals surface area contributed by atoms with Crippen LogP contribution in [0.1, 0.15) is 6.92 Å². The Bertz CT molecular complexity index is 135. The van der Waals surface area contributed by atoms with Crippen LogP contribution in [0.15, 0.2) is 16.6 Å². The maximum atomic E-state index is 5.60. The summed E-state index contributed by atoms with van der Waals surface area (Å²) in [7, 11) is 0. The zero-order valence-electron chi connectivity index (χ0n) is 4.96. The van der Waals surface area contributed by atoms with Gasteiger partial charge in [-0.05, 0) is 13.0 Å². The minimum absolute atomic E-state index is 0.167. The van der Waals surface area contributed by atoms with Crippen LogP contribution in [0.25, 0.3) is 0 Å². The Hall–Kier alpha value is -0.630. The molecule has 0 radical (unpaired) electrons. The van der Waals surface area contributed by atoms with E-state index in [1.807, 2.05) is 13.0 Å². The van der Waals surface area contributed by atoms with Crippen LogP contribution in [-0.2, 0) is 0 Å². The molecule has 2 heteroatoms. The zero-order valence-corrected chi connectivity index (χ0v) is 4.96. The van der Waals surface area contributed by atoms with Crippen molar-refractivity contribution in [2.24, 2.45) is 10.7 Å². The van der Waals surface area contributed by atoms with Gasteiger partial charge in [0.15, 0.2) is 0 Å². The number of aliphatic imine (C=N–C) groups is 1. The molecule has 8 heavy (non-hydrogen) atoms. The predicted octanol–water partition coefficient (Wildman–Crippen LogP) is 0.344. The van der Waals surface area contributed by atoms with Crippen molar-refractivity contribution in [2.75, 3.05) is 6.54 Å². The molecule has 0 aromatic carbocycles. The second kappa shape index (κ2) is 2.09. The lowest BCUT2D eigenvalue weighted by Gasteiger charge is -2.10. The molecule has 0 aliphatic carbocycles. The minimum atomic E-state index is 0.167. The Balaban J connectivity index is 2.66. The summed E-state index contributed by atoms with van der Waals surface area (Å²) in [6.45, 7) is 2.78. The average Bonchev–Trinajstić information content (AvgIpc) is 1.77. The number of nitrogens with two attached hydrogens (primary N) is 1. The van der Waals surface area contributed by atoms with Crippen LogP contribution in [0.5, 0.6) is 0 Å². The molecule has 1 aliphatic heterocycles. The van der Waals surface area contributed by atoms with Crippen molar-refractivity contribution in [1.82, 2.24) is 0 Å². The van der Waals surface area contributed by atoms with E-state index in [1.165, 1.54) is 5.57 Å². The summed E-state index contributed by atoms with van der Waals surface area (Å²) in [5.41, 5.74) is 6.82. The highest BCUT2D eigenvalue weighted by atomic mass is 14.8. The van der Waals surface area contributed by atoms with E-state index in [-0.39, 0.29) is 6.04 Å². The third-order valence-electron chi connectivity index (χ3n) is 1.33. The van der Waals surface area contributed by atoms with Gasteiger partial charge in [0.25, 0.3) is 0 Å². The molecule has 0 saturated heterocycles. The molecule has 2 nitrogen and oxygen atoms in total. The van der Waals surface area contributed by atoms with Crippen molar-refractivity contribution in [3.63, 3.8) is 0 Å². The van der Waals surface area contributed by atoms with Crippen LogP contribution in [0.3, 0.4) is 0 Å². The minimum Gasteiger partial charge on any atom is -0.323 e. The lowest BCUT2D eigenvalue weighted by Crippen LogP contribution is -2.26. The molecule has 1 unspecified atom stereocenters. The first-order chi connectivity index (χ1) is 3.80. The number of rotatable bonds is 0. The topological polar surface area (TPSA) is 38.4 Å². The van der Waals surface area contributed by atoms with Crippen molar-refractivity contribution in [3.05, 3.63) is 11.6 Å². The second-order valence-electron chi connectivity index (χ2n) is 2.03. The van der Waals surface area contributed by atoms with Gasteiger partial charge in [0.2, 0.25) is 0 Å². The first kappa shape index (κ1) is 5.51. The third-order valence-corrected chi connectivity index (χ3v) is 1.33. The van der Waals surface area contributed by atoms with Gasteiger partial charge in [-0.2, -0.15) is 0 Å². The lowest BCUT2D eigenvalue weighted by atomic mass is 10.1. The van der Waals surface area contributed by atoms with Gasteiger partial charge >= 0.3 is 0 Å². The molecular weight excluding hydrogens is 100 g/mol. The molecular formula is C6H10N2. The zero-order chi connectivity index (χ0) is 5.98. The molecule has 0 spiro atoms. The van der Waals surface area contributed by atoms with Crippen molar-refractivity contribution < 1.29 is 0 Å². The Labute approximate surface area is 49.1 Å². The van der Waals surface area contributed by atoms with Gasteiger partial charge in [-0.25, -0.2) is 0 Å². The summed E-state index contributed by atoms with van der Waals surface area (Å²) in [5.74, 6) is 0. The van der Waals surface area contributed by atoms with Crippen molar-refractivity contribution in [1.29, 1.82) is 0 Å². The molecule has 1 atom stereocenters. The number of hydrogen-bond acceptors (Lipinski definition) is 2. The summed E-state index contributed by atoms with van der Waals surface area (Å²) in [6.07, 6.45) is 3.76. The van der Waals surface area contributed by atoms with Gasteiger partial charge in [0, 0.05) is 12.3 Å². The highest BCUT2D eigenvalue weighted by Crippen LogP contribution is 2.00. The second-order valence-corrected chi connectivity index (χ2v) is 2.03. The predicted molar refractivity (Wildman–Crippen MR) is 35.1 cm³/mol. The largest absolute Gasteiger partial charge is 0.323 e. The molecule has 0 aromatic rings. The van der Waals surface area contributed by atoms with Crippen LogP contribution >= 0.6 is 0 Å². The molecule has 0 amide bonds. The van der Waals surface area contributed by atoms with Crippen LogP contribution in [-0.4, -0.2) is 18.8 Å². The Kier molecular flexibility index (Phi) is 1.44. The Morgan fingerprint density at radius 2 is 2.62 bits per heavy atom. The maximum absolute atomic E-state index is 5.60. The van der Waals surface area contributed by atoms with E-state index in [9.17, 15) is 0 Å². The number of allylic oxidation sites excluding steroid dienone is 1. The first-order valence-corrected chi connectivity index (χ1v) is 2.73. The Morgan fingerprint density at radius 1 is 1.88 bits per heavy atom. The van der Waals surface area contributed by atoms with Gasteiger partial charge in [0.05, 0.1) is 6.54 Å². The fraction of sp³-hybridized carbons (Fsp3) is 0.500. The number of nitrogens with zero attached hydrogens (tertiary/aromatic N) is 1. The summed E-state index contributed by atoms with van der Waals surface area (Å²) < 4.78 is 0. The van der Waals surface area contributed by atoms with Crippen molar-refractivity contribution in [3.8, 4) is 0 Å². The summed E-state index contributed by atoms with van der Waals surface area (Å²) in [4.78, 5) is 3.98. The standard InChI is InChI=1S/C6H10N2/c1-5-2-3-8-4-6(5)7/h2-3,6H,4,7H2,1H3. The lowest BCUT2D eigenvalue weighted by molar-refractivity contribution is 0.773. The SMILES string of the molecule is CC1=CC=NCC1N. The molecule has 44 valence electrons. The van der Waals surface area contributed by atoms with Gasteiger partial charge in [-0.3, -0.25) is 4.99 Å². The van der Waals surface area contributed by atoms with E-state index in [0.29, 0.717) is 0 Å². The number of hydrogen-bond donors (Lipinski definition) is 1. The maximum Gasteiger partial charge on any atom is 0.0579 e. The fourth-order valence-electron chi connectivity index (χ4n) is 0.612. The van der Waals surface area contributed by atoms with Crippen LogP contribution in [0.4, 0.5) is 0 Å². The van der Waals surface area contributed by atoms with Gasteiger partial charge in [-0.1, -0.05) is 5.57 Å². The van der Waals surface area contributed by atoms with Crippen LogP contribution < -0.4 is 5.73 Å². The van der Waals surface area contributed by atoms with E-state index in [1.54, 1.807) is 6.21 Å². The van der Waals surface area contributed by atoms with E-state index in [4.69, 9.17) is 5.73 Å². The van der Waals surface area contributed by atoms with E-state index >= 15 is 0 Å². The molecule has 0 aromatic heterocycles. The molecule has 0 bridgehead atoms. The fourth-order valence-corrected chi connectivity index (χ4v) is 0.612. The normalized spacial score (nSPS) is 27.8. The van der Waals surface area contributed by atoms with Gasteiger partial charge in [0.1, 0.15) is 0 Å². The molecule has 1 rings (SSSR count). The van der Waals surface area contributed by atoms with E-state index in [0.717, 1.165) is 6.54 Å². The van der Waals surface area contributed by atoms with Gasteiger partial charge < -0.3 is 5.73 Å². The molecule has 1 aliphatic rings. The molecule has 0 saturated carbocycles. The summed E-state index contributed by atoms with van der Waals surface area (Å²) in [6, 6.07) is 0.167. The van der Waals surface area contributed by atoms with Crippen molar-refractivity contribution in [2.45, 2.75) is 13.0 Å². The third kappa shape index (κ3) is 0.954. The monoisotopic (exact) mass is 110 g/mol. The molecule has 1 heterocycles. The molecule has 2 N–H and O–H groups in total. The van der Waals surface area contributed by atoms with Crippen molar-refractivity contribution >= 4 is 6.21 Å². The first-order valence-electron chi connectivity index (χ1n) is 2.73. The van der Waals surface area contributed by atoms with Crippen LogP contribution in [0.2, 0.25) is 0 Å². The van der Waals surface area contributed by atoms with E-state index in [2.05, 4.69) is 4.99 Å². The quantitative estimate of drug-likeness (QED) is 0.480. The Morgan fingerprint density at radius 3 is 3.00 bits per heavy atom. The summed E-state index contributed by atoms with van der Waals surface area (Å²) in [5, 5.41) is 0. The average molecular weight is 110 g/mol. The smallest absolute Gasteiger partial charge is 0.0579 e. The van der Waals surface area contributed by atoms with Crippen LogP contribution in [0, 0.1) is 0 Å². The summed E-state index contributed by atoms with van der Waals surface area (Å²) >= 11 is 0.